The fourth-order valence-corrected chi connectivity index (χ4v) is 5.52. The van der Waals surface area contributed by atoms with Crippen molar-refractivity contribution < 1.29 is 9.84 Å². The number of thiophene rings is 1. The van der Waals surface area contributed by atoms with Gasteiger partial charge in [0, 0.05) is 30.4 Å². The molecule has 0 bridgehead atoms. The van der Waals surface area contributed by atoms with Gasteiger partial charge in [-0.25, -0.2) is 4.98 Å². The van der Waals surface area contributed by atoms with Crippen LogP contribution in [-0.2, 0) is 13.0 Å². The van der Waals surface area contributed by atoms with E-state index in [-0.39, 0.29) is 17.7 Å². The lowest BCUT2D eigenvalue weighted by atomic mass is 10.1. The van der Waals surface area contributed by atoms with Crippen LogP contribution in [0.15, 0.2) is 21.4 Å². The molecule has 0 saturated carbocycles. The molecule has 1 aliphatic rings. The number of benzene rings is 1. The Morgan fingerprint density at radius 3 is 2.90 bits per heavy atom. The second-order valence-corrected chi connectivity index (χ2v) is 10.8. The smallest absolute Gasteiger partial charge is 0.262 e. The van der Waals surface area contributed by atoms with Gasteiger partial charge in [-0.3, -0.25) is 9.36 Å². The maximum absolute atomic E-state index is 13.3. The third-order valence-corrected chi connectivity index (χ3v) is 7.04. The molecule has 8 heteroatoms. The Balaban J connectivity index is 1.70. The average molecular weight is 494 g/mol. The normalized spacial score (nSPS) is 15.9. The molecule has 0 spiro atoms. The highest BCUT2D eigenvalue weighted by Crippen LogP contribution is 2.41. The zero-order valence-electron chi connectivity index (χ0n) is 17.6. The van der Waals surface area contributed by atoms with Gasteiger partial charge in [0.2, 0.25) is 0 Å². The minimum Gasteiger partial charge on any atom is -0.488 e. The molecule has 2 N–H and O–H groups in total. The second kappa shape index (κ2) is 8.57. The molecule has 1 atom stereocenters. The quantitative estimate of drug-likeness (QED) is 0.556. The number of hydrogen-bond donors (Lipinski definition) is 2. The minimum absolute atomic E-state index is 0.0471. The highest BCUT2D eigenvalue weighted by Gasteiger charge is 2.21. The van der Waals surface area contributed by atoms with Crippen molar-refractivity contribution in [1.29, 1.82) is 0 Å². The number of hydrogen-bond acceptors (Lipinski definition) is 6. The number of ether oxygens (including phenoxy) is 1. The number of halogens is 1. The Hall–Kier alpha value is -1.48. The molecule has 1 aliphatic heterocycles. The summed E-state index contributed by atoms with van der Waals surface area (Å²) in [4.78, 5) is 18.9. The molecule has 3 heterocycles. The van der Waals surface area contributed by atoms with Gasteiger partial charge in [0.05, 0.1) is 14.6 Å². The summed E-state index contributed by atoms with van der Waals surface area (Å²) >= 11 is 5.06. The zero-order chi connectivity index (χ0) is 21.5. The van der Waals surface area contributed by atoms with Crippen LogP contribution in [0.4, 0.5) is 0 Å². The minimum atomic E-state index is -0.638. The Morgan fingerprint density at radius 2 is 2.13 bits per heavy atom. The van der Waals surface area contributed by atoms with Crippen LogP contribution >= 0.6 is 27.3 Å². The molecule has 30 heavy (non-hydrogen) atoms. The standard InChI is InChI=1S/C22H28BrN3O3S/c1-22(2,3)24-11-13(27)12-29-18-15(23)9-8-14-17-20(30-19(14)18)25-16-7-5-4-6-10-26(16)21(17)28/h8-9,13,24,27H,4-7,10-12H2,1-3H3/t13-/m1/s1. The molecule has 2 aromatic heterocycles. The van der Waals surface area contributed by atoms with Crippen molar-refractivity contribution in [3.05, 3.63) is 32.8 Å². The lowest BCUT2D eigenvalue weighted by Gasteiger charge is -2.23. The first-order chi connectivity index (χ1) is 14.2. The molecule has 1 aromatic carbocycles. The summed E-state index contributed by atoms with van der Waals surface area (Å²) in [6.45, 7) is 7.52. The van der Waals surface area contributed by atoms with Gasteiger partial charge < -0.3 is 15.2 Å². The first-order valence-electron chi connectivity index (χ1n) is 10.4. The summed E-state index contributed by atoms with van der Waals surface area (Å²) in [7, 11) is 0. The van der Waals surface area contributed by atoms with Crippen LogP contribution in [0.3, 0.4) is 0 Å². The van der Waals surface area contributed by atoms with E-state index in [1.54, 1.807) is 0 Å². The van der Waals surface area contributed by atoms with E-state index in [0.717, 1.165) is 57.4 Å². The highest BCUT2D eigenvalue weighted by atomic mass is 79.9. The highest BCUT2D eigenvalue weighted by molar-refractivity contribution is 9.10. The van der Waals surface area contributed by atoms with Crippen molar-refractivity contribution in [2.24, 2.45) is 0 Å². The summed E-state index contributed by atoms with van der Waals surface area (Å²) in [5.41, 5.74) is -0.0235. The van der Waals surface area contributed by atoms with Gasteiger partial charge in [-0.05, 0) is 55.6 Å². The number of β-amino-alcohol motifs (C(OH)–C–C–N with tert-alkyl or cyclic N) is 1. The van der Waals surface area contributed by atoms with Crippen LogP contribution in [-0.4, -0.2) is 39.5 Å². The summed E-state index contributed by atoms with van der Waals surface area (Å²) in [5.74, 6) is 1.55. The van der Waals surface area contributed by atoms with Crippen molar-refractivity contribution >= 4 is 47.6 Å². The van der Waals surface area contributed by atoms with E-state index in [2.05, 4.69) is 42.0 Å². The topological polar surface area (TPSA) is 76.4 Å². The van der Waals surface area contributed by atoms with Gasteiger partial charge in [0.1, 0.15) is 23.4 Å². The lowest BCUT2D eigenvalue weighted by molar-refractivity contribution is 0.101. The lowest BCUT2D eigenvalue weighted by Crippen LogP contribution is -2.42. The predicted molar refractivity (Wildman–Crippen MR) is 126 cm³/mol. The van der Waals surface area contributed by atoms with Crippen LogP contribution in [0.1, 0.15) is 45.9 Å². The molecule has 0 amide bonds. The monoisotopic (exact) mass is 493 g/mol. The van der Waals surface area contributed by atoms with Crippen molar-refractivity contribution in [2.45, 2.75) is 64.6 Å². The van der Waals surface area contributed by atoms with Crippen LogP contribution in [0.25, 0.3) is 20.3 Å². The third-order valence-electron chi connectivity index (χ3n) is 5.32. The summed E-state index contributed by atoms with van der Waals surface area (Å²) in [5, 5.41) is 15.1. The van der Waals surface area contributed by atoms with Gasteiger partial charge in [-0.2, -0.15) is 0 Å². The molecule has 0 fully saturated rings. The summed E-state index contributed by atoms with van der Waals surface area (Å²) in [6, 6.07) is 3.86. The van der Waals surface area contributed by atoms with Crippen LogP contribution < -0.4 is 15.6 Å². The number of aliphatic hydroxyl groups is 1. The third kappa shape index (κ3) is 4.42. The molecule has 3 aromatic rings. The number of nitrogens with one attached hydrogen (secondary N) is 1. The second-order valence-electron chi connectivity index (χ2n) is 8.93. The maximum atomic E-state index is 13.3. The number of rotatable bonds is 5. The summed E-state index contributed by atoms with van der Waals surface area (Å²) < 4.78 is 9.58. The van der Waals surface area contributed by atoms with Crippen molar-refractivity contribution in [1.82, 2.24) is 14.9 Å². The van der Waals surface area contributed by atoms with E-state index in [1.165, 1.54) is 11.3 Å². The number of aliphatic hydroxyl groups excluding tert-OH is 1. The number of nitrogens with zero attached hydrogens (tertiary/aromatic N) is 2. The average Bonchev–Trinajstić information content (AvgIpc) is 2.88. The molecular weight excluding hydrogens is 466 g/mol. The van der Waals surface area contributed by atoms with Crippen LogP contribution in [0, 0.1) is 0 Å². The number of fused-ring (bicyclic) bond motifs is 4. The first-order valence-corrected chi connectivity index (χ1v) is 12.1. The van der Waals surface area contributed by atoms with Crippen molar-refractivity contribution in [2.75, 3.05) is 13.2 Å². The van der Waals surface area contributed by atoms with Crippen LogP contribution in [0.2, 0.25) is 0 Å². The van der Waals surface area contributed by atoms with Gasteiger partial charge in [0.15, 0.2) is 5.75 Å². The van der Waals surface area contributed by atoms with Crippen molar-refractivity contribution in [3.63, 3.8) is 0 Å². The molecule has 0 unspecified atom stereocenters. The Labute approximate surface area is 188 Å². The fraction of sp³-hybridized carbons (Fsp3) is 0.545. The van der Waals surface area contributed by atoms with E-state index in [1.807, 2.05) is 16.7 Å². The maximum Gasteiger partial charge on any atom is 0.262 e. The molecular formula is C22H28BrN3O3S. The molecule has 4 rings (SSSR count). The molecule has 0 radical (unpaired) electrons. The largest absolute Gasteiger partial charge is 0.488 e. The van der Waals surface area contributed by atoms with E-state index in [4.69, 9.17) is 9.72 Å². The van der Waals surface area contributed by atoms with Gasteiger partial charge in [-0.1, -0.05) is 12.5 Å². The van der Waals surface area contributed by atoms with E-state index in [0.29, 0.717) is 17.7 Å². The SMILES string of the molecule is CC(C)(C)NC[C@@H](O)COc1c(Br)ccc2c1sc1nc3n(c(=O)c12)CCCCC3. The number of aryl methyl sites for hydroxylation is 1. The molecule has 162 valence electrons. The Bertz CT molecular complexity index is 1130. The fourth-order valence-electron chi connectivity index (χ4n) is 3.76. The van der Waals surface area contributed by atoms with E-state index in [9.17, 15) is 9.90 Å². The Kier molecular flexibility index (Phi) is 6.21. The van der Waals surface area contributed by atoms with Crippen LogP contribution in [0.5, 0.6) is 5.75 Å². The molecule has 6 nitrogen and oxygen atoms in total. The molecule has 0 saturated heterocycles. The van der Waals surface area contributed by atoms with E-state index >= 15 is 0 Å². The summed E-state index contributed by atoms with van der Waals surface area (Å²) in [6.07, 6.45) is 3.43. The number of aromatic nitrogens is 2. The first kappa shape index (κ1) is 21.7. The van der Waals surface area contributed by atoms with Gasteiger partial charge in [-0.15, -0.1) is 11.3 Å². The Morgan fingerprint density at radius 1 is 1.33 bits per heavy atom. The van der Waals surface area contributed by atoms with Gasteiger partial charge >= 0.3 is 0 Å². The van der Waals surface area contributed by atoms with Crippen molar-refractivity contribution in [3.8, 4) is 5.75 Å². The van der Waals surface area contributed by atoms with Gasteiger partial charge in [0.25, 0.3) is 5.56 Å². The zero-order valence-corrected chi connectivity index (χ0v) is 20.0. The molecule has 0 aliphatic carbocycles. The predicted octanol–water partition coefficient (Wildman–Crippen LogP) is 4.23. The van der Waals surface area contributed by atoms with E-state index < -0.39 is 6.10 Å².